The maximum atomic E-state index is 14.1. The predicted octanol–water partition coefficient (Wildman–Crippen LogP) is 5.62. The molecule has 5 nitrogen and oxygen atoms in total. The minimum absolute atomic E-state index is 0.00460. The molecule has 1 saturated heterocycles. The first-order valence-corrected chi connectivity index (χ1v) is 10.8. The van der Waals surface area contributed by atoms with Crippen LogP contribution in [0.2, 0.25) is 5.02 Å². The van der Waals surface area contributed by atoms with Gasteiger partial charge in [-0.05, 0) is 42.5 Å². The molecular formula is C24H19ClF5N3O2. The zero-order valence-corrected chi connectivity index (χ0v) is 19.1. The summed E-state index contributed by atoms with van der Waals surface area (Å²) in [6.45, 7) is 0.447. The fourth-order valence-electron chi connectivity index (χ4n) is 3.83. The Morgan fingerprint density at radius 1 is 0.829 bits per heavy atom. The zero-order chi connectivity index (χ0) is 25.3. The van der Waals surface area contributed by atoms with E-state index in [0.717, 1.165) is 4.90 Å². The van der Waals surface area contributed by atoms with Crippen LogP contribution in [0.5, 0.6) is 5.75 Å². The lowest BCUT2D eigenvalue weighted by atomic mass is 10.1. The summed E-state index contributed by atoms with van der Waals surface area (Å²) in [4.78, 5) is 15.4. The average molecular weight is 512 g/mol. The highest BCUT2D eigenvalue weighted by molar-refractivity contribution is 6.33. The van der Waals surface area contributed by atoms with Crippen molar-refractivity contribution in [3.05, 3.63) is 82.1 Å². The maximum Gasteiger partial charge on any atom is 0.255 e. The number of hydrogen-bond donors (Lipinski definition) is 1. The smallest absolute Gasteiger partial charge is 0.255 e. The summed E-state index contributed by atoms with van der Waals surface area (Å²) < 4.78 is 73.8. The van der Waals surface area contributed by atoms with E-state index in [2.05, 4.69) is 5.32 Å². The van der Waals surface area contributed by atoms with Crippen molar-refractivity contribution in [3.8, 4) is 5.75 Å². The van der Waals surface area contributed by atoms with E-state index in [-0.39, 0.29) is 32.1 Å². The summed E-state index contributed by atoms with van der Waals surface area (Å²) in [6.07, 6.45) is 0. The number of nitrogens with zero attached hydrogens (tertiary/aromatic N) is 2. The Balaban J connectivity index is 1.44. The monoisotopic (exact) mass is 511 g/mol. The third-order valence-corrected chi connectivity index (χ3v) is 5.98. The molecule has 35 heavy (non-hydrogen) atoms. The number of ether oxygens (including phenoxy) is 1. The van der Waals surface area contributed by atoms with Crippen LogP contribution >= 0.6 is 11.6 Å². The van der Waals surface area contributed by atoms with Crippen molar-refractivity contribution >= 4 is 34.6 Å². The van der Waals surface area contributed by atoms with Crippen molar-refractivity contribution in [2.75, 3.05) is 48.4 Å². The second-order valence-electron chi connectivity index (χ2n) is 7.74. The summed E-state index contributed by atoms with van der Waals surface area (Å²) in [7, 11) is 1.53. The molecule has 0 atom stereocenters. The largest absolute Gasteiger partial charge is 0.497 e. The fourth-order valence-corrected chi connectivity index (χ4v) is 4.13. The van der Waals surface area contributed by atoms with E-state index < -0.39 is 34.8 Å². The van der Waals surface area contributed by atoms with E-state index in [1.54, 1.807) is 42.5 Å². The molecule has 0 aliphatic carbocycles. The number of benzene rings is 3. The summed E-state index contributed by atoms with van der Waals surface area (Å²) in [5, 5.41) is 3.07. The molecule has 11 heteroatoms. The molecule has 184 valence electrons. The highest BCUT2D eigenvalue weighted by Crippen LogP contribution is 2.33. The second-order valence-corrected chi connectivity index (χ2v) is 8.15. The minimum atomic E-state index is -2.19. The van der Waals surface area contributed by atoms with E-state index in [4.69, 9.17) is 16.3 Å². The number of carbonyl (C=O) groups excluding carboxylic acids is 1. The van der Waals surface area contributed by atoms with Crippen LogP contribution in [-0.2, 0) is 0 Å². The second kappa shape index (κ2) is 9.99. The van der Waals surface area contributed by atoms with Crippen LogP contribution in [0.4, 0.5) is 39.0 Å². The average Bonchev–Trinajstić information content (AvgIpc) is 2.87. The van der Waals surface area contributed by atoms with Gasteiger partial charge in [-0.3, -0.25) is 4.79 Å². The molecule has 1 aliphatic rings. The van der Waals surface area contributed by atoms with Crippen molar-refractivity contribution in [2.45, 2.75) is 0 Å². The Labute approximate surface area is 202 Å². The van der Waals surface area contributed by atoms with Crippen LogP contribution < -0.4 is 19.9 Å². The Morgan fingerprint density at radius 3 is 1.91 bits per heavy atom. The SMILES string of the molecule is COc1ccc(C(=O)Nc2ccc(N3CCN(c4c(F)c(F)c(F)c(F)c4F)CC3)c(Cl)c2)cc1. The van der Waals surface area contributed by atoms with Gasteiger partial charge < -0.3 is 19.9 Å². The van der Waals surface area contributed by atoms with E-state index in [9.17, 15) is 26.7 Å². The Hall–Kier alpha value is -3.53. The maximum absolute atomic E-state index is 14.1. The molecule has 3 aromatic rings. The lowest BCUT2D eigenvalue weighted by Crippen LogP contribution is -2.47. The molecule has 0 saturated carbocycles. The molecule has 0 aromatic heterocycles. The van der Waals surface area contributed by atoms with Gasteiger partial charge in [0.2, 0.25) is 5.82 Å². The third-order valence-electron chi connectivity index (χ3n) is 5.68. The quantitative estimate of drug-likeness (QED) is 0.274. The number of methoxy groups -OCH3 is 1. The molecular weight excluding hydrogens is 493 g/mol. The number of anilines is 3. The van der Waals surface area contributed by atoms with Gasteiger partial charge in [0.1, 0.15) is 11.4 Å². The van der Waals surface area contributed by atoms with Gasteiger partial charge in [0.25, 0.3) is 5.91 Å². The number of piperazine rings is 1. The molecule has 1 aliphatic heterocycles. The molecule has 0 spiro atoms. The lowest BCUT2D eigenvalue weighted by Gasteiger charge is -2.38. The lowest BCUT2D eigenvalue weighted by molar-refractivity contribution is 0.102. The highest BCUT2D eigenvalue weighted by Gasteiger charge is 2.31. The van der Waals surface area contributed by atoms with E-state index in [1.165, 1.54) is 7.11 Å². The number of nitrogens with one attached hydrogen (secondary N) is 1. The number of carbonyl (C=O) groups is 1. The summed E-state index contributed by atoms with van der Waals surface area (Å²) >= 11 is 6.41. The molecule has 4 rings (SSSR count). The van der Waals surface area contributed by atoms with Gasteiger partial charge in [-0.25, -0.2) is 22.0 Å². The van der Waals surface area contributed by atoms with E-state index in [1.807, 2.05) is 4.90 Å². The van der Waals surface area contributed by atoms with Gasteiger partial charge in [0.15, 0.2) is 23.3 Å². The molecule has 0 radical (unpaired) electrons. The third kappa shape index (κ3) is 4.84. The topological polar surface area (TPSA) is 44.8 Å². The number of hydrogen-bond acceptors (Lipinski definition) is 4. The van der Waals surface area contributed by atoms with Crippen LogP contribution in [-0.4, -0.2) is 39.2 Å². The normalized spacial score (nSPS) is 13.7. The highest BCUT2D eigenvalue weighted by atomic mass is 35.5. The first kappa shape index (κ1) is 24.6. The van der Waals surface area contributed by atoms with Crippen molar-refractivity contribution < 1.29 is 31.5 Å². The summed E-state index contributed by atoms with van der Waals surface area (Å²) in [5.41, 5.74) is 0.546. The van der Waals surface area contributed by atoms with E-state index >= 15 is 0 Å². The standard InChI is InChI=1S/C24H19ClF5N3O2/c1-35-15-5-2-13(3-6-15)24(34)31-14-4-7-17(16(25)12-14)32-8-10-33(11-9-32)23-21(29)19(27)18(26)20(28)22(23)30/h2-7,12H,8-11H2,1H3,(H,31,34). The van der Waals surface area contributed by atoms with Gasteiger partial charge in [-0.1, -0.05) is 11.6 Å². The first-order chi connectivity index (χ1) is 16.7. The van der Waals surface area contributed by atoms with Crippen molar-refractivity contribution in [1.82, 2.24) is 0 Å². The molecule has 1 fully saturated rings. The van der Waals surface area contributed by atoms with Gasteiger partial charge in [0.05, 0.1) is 17.8 Å². The van der Waals surface area contributed by atoms with Crippen LogP contribution in [0.1, 0.15) is 10.4 Å². The number of amides is 1. The Morgan fingerprint density at radius 2 is 1.37 bits per heavy atom. The van der Waals surface area contributed by atoms with Gasteiger partial charge in [-0.15, -0.1) is 0 Å². The molecule has 1 N–H and O–H groups in total. The van der Waals surface area contributed by atoms with Crippen LogP contribution in [0, 0.1) is 29.1 Å². The van der Waals surface area contributed by atoms with Crippen LogP contribution in [0.15, 0.2) is 42.5 Å². The molecule has 0 unspecified atom stereocenters. The van der Waals surface area contributed by atoms with Crippen molar-refractivity contribution in [2.24, 2.45) is 0 Å². The minimum Gasteiger partial charge on any atom is -0.497 e. The van der Waals surface area contributed by atoms with Crippen LogP contribution in [0.3, 0.4) is 0 Å². The number of halogens is 6. The van der Waals surface area contributed by atoms with E-state index in [0.29, 0.717) is 27.7 Å². The molecule has 3 aromatic carbocycles. The van der Waals surface area contributed by atoms with Gasteiger partial charge in [-0.2, -0.15) is 0 Å². The molecule has 1 heterocycles. The van der Waals surface area contributed by atoms with Crippen LogP contribution in [0.25, 0.3) is 0 Å². The van der Waals surface area contributed by atoms with Crippen molar-refractivity contribution in [3.63, 3.8) is 0 Å². The number of rotatable bonds is 5. The van der Waals surface area contributed by atoms with Crippen molar-refractivity contribution in [1.29, 1.82) is 0 Å². The first-order valence-electron chi connectivity index (χ1n) is 10.5. The fraction of sp³-hybridized carbons (Fsp3) is 0.208. The van der Waals surface area contributed by atoms with Gasteiger partial charge in [0, 0.05) is 37.4 Å². The molecule has 0 bridgehead atoms. The van der Waals surface area contributed by atoms with Gasteiger partial charge >= 0.3 is 0 Å². The summed E-state index contributed by atoms with van der Waals surface area (Å²) in [5.74, 6) is -9.57. The predicted molar refractivity (Wildman–Crippen MR) is 123 cm³/mol. The summed E-state index contributed by atoms with van der Waals surface area (Å²) in [6, 6.07) is 11.5. The molecule has 1 amide bonds. The Kier molecular flexibility index (Phi) is 7.02. The zero-order valence-electron chi connectivity index (χ0n) is 18.3. The Bertz CT molecular complexity index is 1240.